The van der Waals surface area contributed by atoms with E-state index in [0.29, 0.717) is 16.5 Å². The summed E-state index contributed by atoms with van der Waals surface area (Å²) in [6.45, 7) is 1.99. The Bertz CT molecular complexity index is 579. The van der Waals surface area contributed by atoms with Crippen LogP contribution in [0.25, 0.3) is 0 Å². The van der Waals surface area contributed by atoms with Crippen LogP contribution in [0, 0.1) is 0 Å². The highest BCUT2D eigenvalue weighted by atomic mass is 79.9. The van der Waals surface area contributed by atoms with E-state index in [4.69, 9.17) is 28.9 Å². The summed E-state index contributed by atoms with van der Waals surface area (Å²) in [5.41, 5.74) is 7.95. The topological polar surface area (TPSA) is 26.0 Å². The van der Waals surface area contributed by atoms with Crippen molar-refractivity contribution in [1.29, 1.82) is 0 Å². The van der Waals surface area contributed by atoms with Crippen LogP contribution in [-0.2, 0) is 12.0 Å². The zero-order valence-corrected chi connectivity index (χ0v) is 13.6. The molecule has 0 saturated carbocycles. The summed E-state index contributed by atoms with van der Waals surface area (Å²) in [4.78, 5) is 0. The zero-order chi connectivity index (χ0) is 14.0. The Hall–Kier alpha value is -0.540. The lowest BCUT2D eigenvalue weighted by molar-refractivity contribution is 0.491. The molecule has 1 nitrogen and oxygen atoms in total. The second kappa shape index (κ2) is 5.84. The maximum atomic E-state index is 6.42. The van der Waals surface area contributed by atoms with E-state index in [9.17, 15) is 0 Å². The van der Waals surface area contributed by atoms with E-state index in [1.54, 1.807) is 6.07 Å². The van der Waals surface area contributed by atoms with Gasteiger partial charge < -0.3 is 5.73 Å². The molecule has 1 unspecified atom stereocenters. The monoisotopic (exact) mass is 357 g/mol. The van der Waals surface area contributed by atoms with Crippen LogP contribution < -0.4 is 5.73 Å². The van der Waals surface area contributed by atoms with Crippen molar-refractivity contribution in [3.05, 3.63) is 68.1 Å². The lowest BCUT2D eigenvalue weighted by atomic mass is 9.86. The maximum Gasteiger partial charge on any atom is 0.0625 e. The lowest BCUT2D eigenvalue weighted by Gasteiger charge is -2.26. The molecule has 1 atom stereocenters. The van der Waals surface area contributed by atoms with E-state index < -0.39 is 5.54 Å². The molecule has 0 aliphatic heterocycles. The predicted molar refractivity (Wildman–Crippen MR) is 85.8 cm³/mol. The van der Waals surface area contributed by atoms with Crippen LogP contribution in [0.1, 0.15) is 18.1 Å². The fourth-order valence-corrected chi connectivity index (χ4v) is 2.66. The fraction of sp³-hybridized carbons (Fsp3) is 0.200. The predicted octanol–water partition coefficient (Wildman–Crippen LogP) is 5.17. The molecule has 100 valence electrons. The molecule has 0 aliphatic carbocycles. The van der Waals surface area contributed by atoms with Gasteiger partial charge in [0.2, 0.25) is 0 Å². The van der Waals surface area contributed by atoms with Crippen molar-refractivity contribution in [2.75, 3.05) is 0 Å². The Morgan fingerprint density at radius 2 is 1.74 bits per heavy atom. The Kier molecular flexibility index (Phi) is 4.57. The second-order valence-electron chi connectivity index (χ2n) is 4.81. The minimum Gasteiger partial charge on any atom is -0.321 e. The molecule has 4 heteroatoms. The minimum absolute atomic E-state index is 0.491. The van der Waals surface area contributed by atoms with Crippen LogP contribution in [0.4, 0.5) is 0 Å². The van der Waals surface area contributed by atoms with Crippen molar-refractivity contribution in [3.63, 3.8) is 0 Å². The molecule has 2 N–H and O–H groups in total. The van der Waals surface area contributed by atoms with E-state index in [-0.39, 0.29) is 0 Å². The number of benzene rings is 2. The van der Waals surface area contributed by atoms with E-state index in [2.05, 4.69) is 15.9 Å². The number of halogens is 3. The van der Waals surface area contributed by atoms with Crippen molar-refractivity contribution in [3.8, 4) is 0 Å². The average Bonchev–Trinajstić information content (AvgIpc) is 2.35. The molecule has 0 amide bonds. The molecule has 19 heavy (non-hydrogen) atoms. The van der Waals surface area contributed by atoms with Crippen LogP contribution in [0.15, 0.2) is 46.9 Å². The van der Waals surface area contributed by atoms with Gasteiger partial charge in [-0.1, -0.05) is 63.4 Å². The standard InChI is InChI=1S/C15H14BrCl2N/c1-15(19,11-5-7-12(16)8-6-11)9-10-3-2-4-13(17)14(10)18/h2-8H,9,19H2,1H3. The van der Waals surface area contributed by atoms with Crippen LogP contribution >= 0.6 is 39.1 Å². The van der Waals surface area contributed by atoms with Crippen LogP contribution in [-0.4, -0.2) is 0 Å². The largest absolute Gasteiger partial charge is 0.321 e. The van der Waals surface area contributed by atoms with Gasteiger partial charge in [0.25, 0.3) is 0 Å². The van der Waals surface area contributed by atoms with Gasteiger partial charge in [-0.2, -0.15) is 0 Å². The van der Waals surface area contributed by atoms with Gasteiger partial charge in [0, 0.05) is 10.0 Å². The molecule has 0 bridgehead atoms. The Labute approximate surface area is 131 Å². The quantitative estimate of drug-likeness (QED) is 0.804. The first kappa shape index (κ1) is 14.9. The highest BCUT2D eigenvalue weighted by Crippen LogP contribution is 2.31. The highest BCUT2D eigenvalue weighted by molar-refractivity contribution is 9.10. The number of nitrogens with two attached hydrogens (primary N) is 1. The van der Waals surface area contributed by atoms with Gasteiger partial charge >= 0.3 is 0 Å². The summed E-state index contributed by atoms with van der Waals surface area (Å²) in [5, 5.41) is 1.14. The molecule has 0 aliphatic rings. The van der Waals surface area contributed by atoms with Gasteiger partial charge in [0.1, 0.15) is 0 Å². The molecular formula is C15H14BrCl2N. The molecule has 0 fully saturated rings. The molecule has 0 radical (unpaired) electrons. The first-order valence-corrected chi connectivity index (χ1v) is 7.43. The third kappa shape index (κ3) is 3.51. The van der Waals surface area contributed by atoms with E-state index >= 15 is 0 Å². The summed E-state index contributed by atoms with van der Waals surface area (Å²) in [6, 6.07) is 13.6. The molecule has 2 aromatic carbocycles. The third-order valence-electron chi connectivity index (χ3n) is 3.09. The first-order valence-electron chi connectivity index (χ1n) is 5.88. The van der Waals surface area contributed by atoms with E-state index in [0.717, 1.165) is 15.6 Å². The molecule has 0 spiro atoms. The molecule has 2 rings (SSSR count). The van der Waals surface area contributed by atoms with Crippen LogP contribution in [0.5, 0.6) is 0 Å². The Balaban J connectivity index is 2.30. The second-order valence-corrected chi connectivity index (χ2v) is 6.51. The van der Waals surface area contributed by atoms with Crippen LogP contribution in [0.3, 0.4) is 0 Å². The number of rotatable bonds is 3. The summed E-state index contributed by atoms with van der Waals surface area (Å²) in [7, 11) is 0. The molecular weight excluding hydrogens is 345 g/mol. The fourth-order valence-electron chi connectivity index (χ4n) is 2.01. The molecule has 0 saturated heterocycles. The van der Waals surface area contributed by atoms with Crippen molar-refractivity contribution < 1.29 is 0 Å². The van der Waals surface area contributed by atoms with Crippen molar-refractivity contribution in [2.24, 2.45) is 5.73 Å². The van der Waals surface area contributed by atoms with Gasteiger partial charge in [0.05, 0.1) is 10.0 Å². The molecule has 0 heterocycles. The van der Waals surface area contributed by atoms with Crippen molar-refractivity contribution in [1.82, 2.24) is 0 Å². The normalized spacial score (nSPS) is 14.2. The van der Waals surface area contributed by atoms with Gasteiger partial charge in [0.15, 0.2) is 0 Å². The smallest absolute Gasteiger partial charge is 0.0625 e. The third-order valence-corrected chi connectivity index (χ3v) is 4.48. The molecule has 0 aromatic heterocycles. The maximum absolute atomic E-state index is 6.42. The van der Waals surface area contributed by atoms with Gasteiger partial charge in [-0.05, 0) is 42.7 Å². The summed E-state index contributed by atoms with van der Waals surface area (Å²) < 4.78 is 1.04. The van der Waals surface area contributed by atoms with Crippen LogP contribution in [0.2, 0.25) is 10.0 Å². The van der Waals surface area contributed by atoms with Gasteiger partial charge in [-0.25, -0.2) is 0 Å². The van der Waals surface area contributed by atoms with Crippen molar-refractivity contribution >= 4 is 39.1 Å². The minimum atomic E-state index is -0.491. The zero-order valence-electron chi connectivity index (χ0n) is 10.5. The Morgan fingerprint density at radius 3 is 2.37 bits per heavy atom. The lowest BCUT2D eigenvalue weighted by Crippen LogP contribution is -2.35. The molecule has 2 aromatic rings. The average molecular weight is 359 g/mol. The summed E-state index contributed by atoms with van der Waals surface area (Å²) in [5.74, 6) is 0. The van der Waals surface area contributed by atoms with Gasteiger partial charge in [-0.15, -0.1) is 0 Å². The van der Waals surface area contributed by atoms with E-state index in [1.165, 1.54) is 0 Å². The van der Waals surface area contributed by atoms with Gasteiger partial charge in [-0.3, -0.25) is 0 Å². The number of hydrogen-bond acceptors (Lipinski definition) is 1. The summed E-state index contributed by atoms with van der Waals surface area (Å²) in [6.07, 6.45) is 0.633. The Morgan fingerprint density at radius 1 is 1.11 bits per heavy atom. The summed E-state index contributed by atoms with van der Waals surface area (Å²) >= 11 is 15.7. The van der Waals surface area contributed by atoms with Crippen molar-refractivity contribution in [2.45, 2.75) is 18.9 Å². The number of hydrogen-bond donors (Lipinski definition) is 1. The SMILES string of the molecule is CC(N)(Cc1cccc(Cl)c1Cl)c1ccc(Br)cc1. The first-order chi connectivity index (χ1) is 8.90. The van der Waals surface area contributed by atoms with E-state index in [1.807, 2.05) is 43.3 Å². The highest BCUT2D eigenvalue weighted by Gasteiger charge is 2.23.